The molecular weight excluding hydrogens is 204 g/mol. The van der Waals surface area contributed by atoms with Crippen molar-refractivity contribution in [3.63, 3.8) is 0 Å². The summed E-state index contributed by atoms with van der Waals surface area (Å²) < 4.78 is 0. The molecule has 0 aromatic heterocycles. The SMILES string of the molecule is CC(=O)c1c(C(=O)O)cc(O)c(O)c1O. The van der Waals surface area contributed by atoms with Crippen molar-refractivity contribution in [2.24, 2.45) is 0 Å². The number of hydrogen-bond donors (Lipinski definition) is 4. The minimum atomic E-state index is -1.48. The molecule has 0 fully saturated rings. The van der Waals surface area contributed by atoms with Crippen LogP contribution in [-0.4, -0.2) is 32.2 Å². The van der Waals surface area contributed by atoms with E-state index in [1.807, 2.05) is 0 Å². The molecular formula is C9H8O6. The van der Waals surface area contributed by atoms with Gasteiger partial charge in [-0.1, -0.05) is 0 Å². The molecule has 1 aromatic rings. The first-order chi connectivity index (χ1) is 6.86. The molecule has 80 valence electrons. The highest BCUT2D eigenvalue weighted by atomic mass is 16.4. The highest BCUT2D eigenvalue weighted by Crippen LogP contribution is 2.39. The van der Waals surface area contributed by atoms with Gasteiger partial charge in [0.25, 0.3) is 0 Å². The third kappa shape index (κ3) is 1.69. The molecule has 6 nitrogen and oxygen atoms in total. The number of ketones is 1. The monoisotopic (exact) mass is 212 g/mol. The number of benzene rings is 1. The van der Waals surface area contributed by atoms with E-state index in [1.165, 1.54) is 0 Å². The quantitative estimate of drug-likeness (QED) is 0.423. The Balaban J connectivity index is 3.65. The zero-order chi connectivity index (χ0) is 11.7. The van der Waals surface area contributed by atoms with E-state index in [0.717, 1.165) is 6.92 Å². The van der Waals surface area contributed by atoms with Crippen LogP contribution >= 0.6 is 0 Å². The maximum absolute atomic E-state index is 11.0. The van der Waals surface area contributed by atoms with Crippen LogP contribution in [0.3, 0.4) is 0 Å². The van der Waals surface area contributed by atoms with Gasteiger partial charge in [-0.15, -0.1) is 0 Å². The molecule has 0 aliphatic heterocycles. The second kappa shape index (κ2) is 3.49. The van der Waals surface area contributed by atoms with Crippen LogP contribution in [0.4, 0.5) is 0 Å². The Hall–Kier alpha value is -2.24. The maximum atomic E-state index is 11.0. The van der Waals surface area contributed by atoms with Crippen molar-refractivity contribution in [2.45, 2.75) is 6.92 Å². The molecule has 0 atom stereocenters. The van der Waals surface area contributed by atoms with Gasteiger partial charge in [-0.3, -0.25) is 4.79 Å². The number of aromatic hydroxyl groups is 3. The van der Waals surface area contributed by atoms with Gasteiger partial charge in [0.15, 0.2) is 17.3 Å². The van der Waals surface area contributed by atoms with E-state index in [4.69, 9.17) is 15.3 Å². The molecule has 0 heterocycles. The summed E-state index contributed by atoms with van der Waals surface area (Å²) in [6.45, 7) is 1.04. The van der Waals surface area contributed by atoms with Gasteiger partial charge in [0.1, 0.15) is 0 Å². The van der Waals surface area contributed by atoms with Gasteiger partial charge in [-0.05, 0) is 13.0 Å². The largest absolute Gasteiger partial charge is 0.504 e. The van der Waals surface area contributed by atoms with Crippen LogP contribution in [0.2, 0.25) is 0 Å². The first kappa shape index (κ1) is 10.8. The standard InChI is InChI=1S/C9H8O6/c1-3(10)6-4(9(14)15)2-5(11)7(12)8(6)13/h2,11-13H,1H3,(H,14,15). The minimum absolute atomic E-state index is 0.530. The summed E-state index contributed by atoms with van der Waals surface area (Å²) in [6.07, 6.45) is 0. The lowest BCUT2D eigenvalue weighted by Gasteiger charge is -2.08. The van der Waals surface area contributed by atoms with Crippen molar-refractivity contribution in [3.8, 4) is 17.2 Å². The van der Waals surface area contributed by atoms with Crippen LogP contribution in [0.25, 0.3) is 0 Å². The van der Waals surface area contributed by atoms with E-state index in [1.54, 1.807) is 0 Å². The highest BCUT2D eigenvalue weighted by Gasteiger charge is 2.23. The number of aromatic carboxylic acids is 1. The van der Waals surface area contributed by atoms with E-state index in [2.05, 4.69) is 0 Å². The smallest absolute Gasteiger partial charge is 0.336 e. The van der Waals surface area contributed by atoms with Gasteiger partial charge in [-0.2, -0.15) is 0 Å². The number of carbonyl (C=O) groups excluding carboxylic acids is 1. The Kier molecular flexibility index (Phi) is 2.52. The third-order valence-electron chi connectivity index (χ3n) is 1.84. The zero-order valence-electron chi connectivity index (χ0n) is 7.68. The number of phenolic OH excluding ortho intramolecular Hbond substituents is 3. The molecule has 15 heavy (non-hydrogen) atoms. The Bertz CT molecular complexity index is 448. The number of phenols is 3. The van der Waals surface area contributed by atoms with E-state index in [9.17, 15) is 14.7 Å². The average molecular weight is 212 g/mol. The third-order valence-corrected chi connectivity index (χ3v) is 1.84. The normalized spacial score (nSPS) is 9.93. The van der Waals surface area contributed by atoms with Crippen molar-refractivity contribution < 1.29 is 30.0 Å². The Morgan fingerprint density at radius 2 is 1.67 bits per heavy atom. The highest BCUT2D eigenvalue weighted by molar-refractivity contribution is 6.07. The summed E-state index contributed by atoms with van der Waals surface area (Å²) >= 11 is 0. The van der Waals surface area contributed by atoms with Gasteiger partial charge in [0, 0.05) is 0 Å². The fourth-order valence-corrected chi connectivity index (χ4v) is 1.17. The van der Waals surface area contributed by atoms with E-state index in [-0.39, 0.29) is 0 Å². The van der Waals surface area contributed by atoms with Crippen LogP contribution in [0.5, 0.6) is 17.2 Å². The molecule has 0 saturated carbocycles. The molecule has 0 radical (unpaired) electrons. The van der Waals surface area contributed by atoms with Crippen LogP contribution in [0.15, 0.2) is 6.07 Å². The Morgan fingerprint density at radius 3 is 2.07 bits per heavy atom. The van der Waals surface area contributed by atoms with Gasteiger partial charge in [0.05, 0.1) is 11.1 Å². The van der Waals surface area contributed by atoms with E-state index >= 15 is 0 Å². The van der Waals surface area contributed by atoms with Crippen molar-refractivity contribution >= 4 is 11.8 Å². The van der Waals surface area contributed by atoms with Crippen molar-refractivity contribution in [1.82, 2.24) is 0 Å². The first-order valence-electron chi connectivity index (χ1n) is 3.88. The lowest BCUT2D eigenvalue weighted by Crippen LogP contribution is -2.06. The molecule has 6 heteroatoms. The number of hydrogen-bond acceptors (Lipinski definition) is 5. The van der Waals surface area contributed by atoms with Crippen LogP contribution in [0, 0.1) is 0 Å². The van der Waals surface area contributed by atoms with Crippen molar-refractivity contribution in [3.05, 3.63) is 17.2 Å². The summed E-state index contributed by atoms with van der Waals surface area (Å²) in [7, 11) is 0. The fraction of sp³-hybridized carbons (Fsp3) is 0.111. The number of Topliss-reactive ketones (excluding diaryl/α,β-unsaturated/α-hetero) is 1. The predicted octanol–water partition coefficient (Wildman–Crippen LogP) is 0.704. The molecule has 4 N–H and O–H groups in total. The predicted molar refractivity (Wildman–Crippen MR) is 48.4 cm³/mol. The molecule has 0 aliphatic carbocycles. The summed E-state index contributed by atoms with van der Waals surface area (Å²) in [6, 6.07) is 0.702. The van der Waals surface area contributed by atoms with Gasteiger partial charge < -0.3 is 20.4 Å². The van der Waals surface area contributed by atoms with E-state index < -0.39 is 40.1 Å². The van der Waals surface area contributed by atoms with Crippen LogP contribution in [-0.2, 0) is 0 Å². The second-order valence-corrected chi connectivity index (χ2v) is 2.88. The molecule has 0 unspecified atom stereocenters. The maximum Gasteiger partial charge on any atom is 0.336 e. The molecule has 1 rings (SSSR count). The van der Waals surface area contributed by atoms with E-state index in [0.29, 0.717) is 6.07 Å². The molecule has 0 bridgehead atoms. The summed E-state index contributed by atoms with van der Waals surface area (Å²) in [5.74, 6) is -4.84. The molecule has 0 spiro atoms. The van der Waals surface area contributed by atoms with Gasteiger partial charge in [-0.25, -0.2) is 4.79 Å². The Morgan fingerprint density at radius 1 is 1.13 bits per heavy atom. The number of carboxylic acid groups (broad SMARTS) is 1. The van der Waals surface area contributed by atoms with Crippen molar-refractivity contribution in [2.75, 3.05) is 0 Å². The minimum Gasteiger partial charge on any atom is -0.504 e. The number of carbonyl (C=O) groups is 2. The van der Waals surface area contributed by atoms with Crippen LogP contribution < -0.4 is 0 Å². The van der Waals surface area contributed by atoms with Crippen LogP contribution in [0.1, 0.15) is 27.6 Å². The Labute approximate surface area is 84.0 Å². The summed E-state index contributed by atoms with van der Waals surface area (Å²) in [5.41, 5.74) is -1.09. The fourth-order valence-electron chi connectivity index (χ4n) is 1.17. The molecule has 0 aliphatic rings. The molecule has 0 amide bonds. The topological polar surface area (TPSA) is 115 Å². The van der Waals surface area contributed by atoms with Gasteiger partial charge in [0.2, 0.25) is 5.75 Å². The summed E-state index contributed by atoms with van der Waals surface area (Å²) in [4.78, 5) is 21.7. The zero-order valence-corrected chi connectivity index (χ0v) is 7.68. The molecule has 0 saturated heterocycles. The first-order valence-corrected chi connectivity index (χ1v) is 3.88. The number of rotatable bonds is 2. The average Bonchev–Trinajstić information content (AvgIpc) is 2.12. The number of carboxylic acids is 1. The van der Waals surface area contributed by atoms with Gasteiger partial charge >= 0.3 is 5.97 Å². The molecule has 1 aromatic carbocycles. The lowest BCUT2D eigenvalue weighted by molar-refractivity contribution is 0.0691. The lowest BCUT2D eigenvalue weighted by atomic mass is 10.0. The van der Waals surface area contributed by atoms with Crippen molar-refractivity contribution in [1.29, 1.82) is 0 Å². The summed E-state index contributed by atoms with van der Waals surface area (Å²) in [5, 5.41) is 36.1. The second-order valence-electron chi connectivity index (χ2n) is 2.88.